The van der Waals surface area contributed by atoms with Crippen LogP contribution in [0.4, 0.5) is 23.0 Å². The van der Waals surface area contributed by atoms with Gasteiger partial charge in [0.1, 0.15) is 6.33 Å². The molecule has 7 heteroatoms. The number of hydrogen-bond acceptors (Lipinski definition) is 6. The Balaban J connectivity index is 1.74. The van der Waals surface area contributed by atoms with Crippen molar-refractivity contribution in [2.45, 2.75) is 19.8 Å². The Bertz CT molecular complexity index is 978. The maximum atomic E-state index is 11.9. The minimum absolute atomic E-state index is 0.0695. The standard InChI is InChI=1S/C20H21N5O2/c1-14-9-11-24(12-10-14)20-18(25(26)27)19(21-13-22-20)23-17-8-4-6-15-5-2-3-7-16(15)17/h2-8,13-14H,9-12H2,1H3,(H,21,22,23). The number of hydrogen-bond donors (Lipinski definition) is 1. The molecule has 0 spiro atoms. The molecule has 4 rings (SSSR count). The number of aromatic nitrogens is 2. The fraction of sp³-hybridized carbons (Fsp3) is 0.300. The second-order valence-electron chi connectivity index (χ2n) is 6.97. The molecule has 3 aromatic rings. The molecule has 1 N–H and O–H groups in total. The average Bonchev–Trinajstić information content (AvgIpc) is 2.68. The van der Waals surface area contributed by atoms with E-state index < -0.39 is 0 Å². The van der Waals surface area contributed by atoms with Crippen LogP contribution in [0, 0.1) is 16.0 Å². The molecule has 1 saturated heterocycles. The number of rotatable bonds is 4. The molecule has 0 radical (unpaired) electrons. The third kappa shape index (κ3) is 3.40. The van der Waals surface area contributed by atoms with Crippen LogP contribution in [-0.4, -0.2) is 28.0 Å². The number of fused-ring (bicyclic) bond motifs is 1. The van der Waals surface area contributed by atoms with Crippen molar-refractivity contribution in [3.05, 3.63) is 58.9 Å². The summed E-state index contributed by atoms with van der Waals surface area (Å²) in [6.45, 7) is 3.75. The van der Waals surface area contributed by atoms with Gasteiger partial charge in [0.2, 0.25) is 11.6 Å². The predicted molar refractivity (Wildman–Crippen MR) is 107 cm³/mol. The predicted octanol–water partition coefficient (Wildman–Crippen LogP) is 4.52. The maximum absolute atomic E-state index is 11.9. The highest BCUT2D eigenvalue weighted by Crippen LogP contribution is 2.36. The lowest BCUT2D eigenvalue weighted by atomic mass is 9.99. The molecule has 0 amide bonds. The van der Waals surface area contributed by atoms with Crippen LogP contribution in [0.5, 0.6) is 0 Å². The van der Waals surface area contributed by atoms with Gasteiger partial charge in [-0.05, 0) is 30.2 Å². The number of nitrogens with one attached hydrogen (secondary N) is 1. The van der Waals surface area contributed by atoms with E-state index >= 15 is 0 Å². The Labute approximate surface area is 157 Å². The van der Waals surface area contributed by atoms with Crippen LogP contribution in [-0.2, 0) is 0 Å². The Morgan fingerprint density at radius 1 is 1.11 bits per heavy atom. The van der Waals surface area contributed by atoms with Crippen molar-refractivity contribution in [2.75, 3.05) is 23.3 Å². The minimum atomic E-state index is -0.388. The van der Waals surface area contributed by atoms with Gasteiger partial charge < -0.3 is 10.2 Å². The van der Waals surface area contributed by atoms with Crippen LogP contribution < -0.4 is 10.2 Å². The first-order valence-corrected chi connectivity index (χ1v) is 9.12. The fourth-order valence-electron chi connectivity index (χ4n) is 3.54. The second kappa shape index (κ2) is 7.19. The van der Waals surface area contributed by atoms with Crippen LogP contribution in [0.1, 0.15) is 19.8 Å². The van der Waals surface area contributed by atoms with E-state index in [-0.39, 0.29) is 16.4 Å². The molecule has 1 aromatic heterocycles. The van der Waals surface area contributed by atoms with Gasteiger partial charge in [-0.2, -0.15) is 0 Å². The maximum Gasteiger partial charge on any atom is 0.353 e. The van der Waals surface area contributed by atoms with Gasteiger partial charge in [-0.25, -0.2) is 9.97 Å². The molecule has 7 nitrogen and oxygen atoms in total. The van der Waals surface area contributed by atoms with Gasteiger partial charge in [0, 0.05) is 24.2 Å². The lowest BCUT2D eigenvalue weighted by molar-refractivity contribution is -0.383. The van der Waals surface area contributed by atoms with Crippen LogP contribution in [0.15, 0.2) is 48.8 Å². The van der Waals surface area contributed by atoms with Gasteiger partial charge in [0.15, 0.2) is 0 Å². The Hall–Kier alpha value is -3.22. The van der Waals surface area contributed by atoms with Crippen molar-refractivity contribution >= 4 is 33.8 Å². The number of benzene rings is 2. The van der Waals surface area contributed by atoms with Gasteiger partial charge in [-0.1, -0.05) is 43.3 Å². The number of nitro groups is 1. The molecule has 1 aliphatic rings. The van der Waals surface area contributed by atoms with Gasteiger partial charge in [-0.3, -0.25) is 10.1 Å². The van der Waals surface area contributed by atoms with E-state index in [1.54, 1.807) is 0 Å². The topological polar surface area (TPSA) is 84.2 Å². The fourth-order valence-corrected chi connectivity index (χ4v) is 3.54. The van der Waals surface area contributed by atoms with Gasteiger partial charge in [-0.15, -0.1) is 0 Å². The zero-order valence-corrected chi connectivity index (χ0v) is 15.1. The molecular formula is C20H21N5O2. The molecular weight excluding hydrogens is 342 g/mol. The Kier molecular flexibility index (Phi) is 4.58. The van der Waals surface area contributed by atoms with E-state index in [2.05, 4.69) is 22.2 Å². The molecule has 0 atom stereocenters. The first kappa shape index (κ1) is 17.2. The summed E-state index contributed by atoms with van der Waals surface area (Å²) in [5, 5.41) is 17.1. The highest BCUT2D eigenvalue weighted by Gasteiger charge is 2.29. The molecule has 1 fully saturated rings. The van der Waals surface area contributed by atoms with E-state index in [0.29, 0.717) is 11.7 Å². The van der Waals surface area contributed by atoms with Crippen molar-refractivity contribution in [1.82, 2.24) is 9.97 Å². The van der Waals surface area contributed by atoms with E-state index in [0.717, 1.165) is 42.4 Å². The van der Waals surface area contributed by atoms with E-state index in [9.17, 15) is 10.1 Å². The third-order valence-corrected chi connectivity index (χ3v) is 5.11. The third-order valence-electron chi connectivity index (χ3n) is 5.11. The summed E-state index contributed by atoms with van der Waals surface area (Å²) < 4.78 is 0. The van der Waals surface area contributed by atoms with Crippen molar-refractivity contribution in [1.29, 1.82) is 0 Å². The van der Waals surface area contributed by atoms with E-state index in [1.807, 2.05) is 47.4 Å². The molecule has 0 saturated carbocycles. The monoisotopic (exact) mass is 363 g/mol. The van der Waals surface area contributed by atoms with Crippen LogP contribution in [0.2, 0.25) is 0 Å². The highest BCUT2D eigenvalue weighted by molar-refractivity contribution is 5.96. The summed E-state index contributed by atoms with van der Waals surface area (Å²) in [6.07, 6.45) is 3.41. The van der Waals surface area contributed by atoms with Crippen LogP contribution in [0.3, 0.4) is 0 Å². The molecule has 2 aromatic carbocycles. The van der Waals surface area contributed by atoms with Crippen LogP contribution in [0.25, 0.3) is 10.8 Å². The molecule has 0 aliphatic carbocycles. The van der Waals surface area contributed by atoms with E-state index in [4.69, 9.17) is 0 Å². The molecule has 0 bridgehead atoms. The molecule has 2 heterocycles. The largest absolute Gasteiger partial charge is 0.353 e. The quantitative estimate of drug-likeness (QED) is 0.542. The summed E-state index contributed by atoms with van der Waals surface area (Å²) in [6, 6.07) is 13.7. The normalized spacial score (nSPS) is 15.1. The lowest BCUT2D eigenvalue weighted by Crippen LogP contribution is -2.34. The molecule has 0 unspecified atom stereocenters. The lowest BCUT2D eigenvalue weighted by Gasteiger charge is -2.30. The SMILES string of the molecule is CC1CCN(c2ncnc(Nc3cccc4ccccc34)c2[N+](=O)[O-])CC1. The average molecular weight is 363 g/mol. The van der Waals surface area contributed by atoms with Crippen molar-refractivity contribution < 1.29 is 4.92 Å². The van der Waals surface area contributed by atoms with Gasteiger partial charge >= 0.3 is 5.69 Å². The van der Waals surface area contributed by atoms with Crippen molar-refractivity contribution in [2.24, 2.45) is 5.92 Å². The highest BCUT2D eigenvalue weighted by atomic mass is 16.6. The summed E-state index contributed by atoms with van der Waals surface area (Å²) in [5.74, 6) is 1.25. The number of nitrogens with zero attached hydrogens (tertiary/aromatic N) is 4. The van der Waals surface area contributed by atoms with E-state index in [1.165, 1.54) is 6.33 Å². The van der Waals surface area contributed by atoms with Gasteiger partial charge in [0.05, 0.1) is 4.92 Å². The van der Waals surface area contributed by atoms with Gasteiger partial charge in [0.25, 0.3) is 0 Å². The van der Waals surface area contributed by atoms with Crippen molar-refractivity contribution in [3.63, 3.8) is 0 Å². The summed E-state index contributed by atoms with van der Waals surface area (Å²) in [4.78, 5) is 21.9. The van der Waals surface area contributed by atoms with Crippen molar-refractivity contribution in [3.8, 4) is 0 Å². The molecule has 138 valence electrons. The first-order valence-electron chi connectivity index (χ1n) is 9.12. The zero-order valence-electron chi connectivity index (χ0n) is 15.1. The number of piperidine rings is 1. The first-order chi connectivity index (χ1) is 13.1. The smallest absolute Gasteiger partial charge is 0.351 e. The second-order valence-corrected chi connectivity index (χ2v) is 6.97. The summed E-state index contributed by atoms with van der Waals surface area (Å²) in [7, 11) is 0. The summed E-state index contributed by atoms with van der Waals surface area (Å²) in [5.41, 5.74) is 0.716. The zero-order chi connectivity index (χ0) is 18.8. The Morgan fingerprint density at radius 3 is 2.63 bits per heavy atom. The molecule has 1 aliphatic heterocycles. The molecule has 27 heavy (non-hydrogen) atoms. The number of anilines is 3. The van der Waals surface area contributed by atoms with Crippen LogP contribution >= 0.6 is 0 Å². The summed E-state index contributed by atoms with van der Waals surface area (Å²) >= 11 is 0. The Morgan fingerprint density at radius 2 is 1.85 bits per heavy atom. The minimum Gasteiger partial charge on any atom is -0.351 e.